The van der Waals surface area contributed by atoms with Crippen molar-refractivity contribution < 1.29 is 9.21 Å². The fourth-order valence-electron chi connectivity index (χ4n) is 3.09. The Kier molecular flexibility index (Phi) is 4.02. The Bertz CT molecular complexity index is 1350. The van der Waals surface area contributed by atoms with Crippen molar-refractivity contribution in [3.63, 3.8) is 0 Å². The smallest absolute Gasteiger partial charge is 0.234 e. The van der Waals surface area contributed by atoms with Crippen LogP contribution in [0.5, 0.6) is 0 Å². The maximum absolute atomic E-state index is 12.6. The maximum Gasteiger partial charge on any atom is 0.234 e. The molecule has 29 heavy (non-hydrogen) atoms. The van der Waals surface area contributed by atoms with Gasteiger partial charge in [0.25, 0.3) is 0 Å². The molecule has 0 radical (unpaired) electrons. The van der Waals surface area contributed by atoms with Gasteiger partial charge in [0.2, 0.25) is 17.7 Å². The van der Waals surface area contributed by atoms with E-state index in [1.165, 1.54) is 4.52 Å². The van der Waals surface area contributed by atoms with E-state index in [2.05, 4.69) is 25.5 Å². The number of aromatic nitrogens is 6. The third kappa shape index (κ3) is 3.21. The molecule has 0 aliphatic rings. The highest BCUT2D eigenvalue weighted by Crippen LogP contribution is 2.24. The Balaban J connectivity index is 1.57. The summed E-state index contributed by atoms with van der Waals surface area (Å²) in [5.74, 6) is 0.871. The van der Waals surface area contributed by atoms with Crippen LogP contribution in [0.15, 0.2) is 53.3 Å². The SMILES string of the molecule is Cn1cc2c(nc(NC(=O)Cc3cccc(Cl)c3)n3nc(-c4ccco4)nc23)n1. The molecule has 5 rings (SSSR count). The summed E-state index contributed by atoms with van der Waals surface area (Å²) < 4.78 is 8.52. The number of hydrogen-bond acceptors (Lipinski definition) is 6. The van der Waals surface area contributed by atoms with Crippen molar-refractivity contribution in [1.82, 2.24) is 29.4 Å². The second-order valence-electron chi connectivity index (χ2n) is 6.48. The van der Waals surface area contributed by atoms with Gasteiger partial charge in [-0.05, 0) is 29.8 Å². The molecule has 0 saturated carbocycles. The standard InChI is InChI=1S/C19H14ClN7O2/c1-26-10-13-16(24-26)23-19(21-15(28)9-11-4-2-5-12(20)8-11)27-18(13)22-17(25-27)14-6-3-7-29-14/h2-8,10H,9H2,1H3,(H,21,23,24,28). The lowest BCUT2D eigenvalue weighted by Crippen LogP contribution is -2.18. The number of nitrogens with one attached hydrogen (secondary N) is 1. The third-order valence-electron chi connectivity index (χ3n) is 4.32. The lowest BCUT2D eigenvalue weighted by atomic mass is 10.1. The molecule has 1 N–H and O–H groups in total. The maximum atomic E-state index is 12.6. The monoisotopic (exact) mass is 407 g/mol. The van der Waals surface area contributed by atoms with Crippen LogP contribution in [-0.4, -0.2) is 35.3 Å². The third-order valence-corrected chi connectivity index (χ3v) is 4.55. The zero-order valence-corrected chi connectivity index (χ0v) is 16.0. The fourth-order valence-corrected chi connectivity index (χ4v) is 3.30. The first-order valence-electron chi connectivity index (χ1n) is 8.75. The number of aryl methyl sites for hydroxylation is 1. The summed E-state index contributed by atoms with van der Waals surface area (Å²) in [4.78, 5) is 21.6. The van der Waals surface area contributed by atoms with Gasteiger partial charge in [0.05, 0.1) is 18.1 Å². The van der Waals surface area contributed by atoms with E-state index in [1.807, 2.05) is 6.07 Å². The van der Waals surface area contributed by atoms with Crippen molar-refractivity contribution in [2.75, 3.05) is 5.32 Å². The lowest BCUT2D eigenvalue weighted by Gasteiger charge is -2.06. The van der Waals surface area contributed by atoms with Crippen LogP contribution in [0.25, 0.3) is 28.3 Å². The number of halogens is 1. The van der Waals surface area contributed by atoms with Crippen LogP contribution in [0.1, 0.15) is 5.56 Å². The minimum absolute atomic E-state index is 0.143. The number of hydrogen-bond donors (Lipinski definition) is 1. The predicted octanol–water partition coefficient (Wildman–Crippen LogP) is 3.11. The van der Waals surface area contributed by atoms with Gasteiger partial charge in [0, 0.05) is 18.3 Å². The van der Waals surface area contributed by atoms with E-state index in [9.17, 15) is 4.79 Å². The van der Waals surface area contributed by atoms with Crippen molar-refractivity contribution in [2.45, 2.75) is 6.42 Å². The first kappa shape index (κ1) is 17.4. The Labute approximate surface area is 168 Å². The molecule has 10 heteroatoms. The van der Waals surface area contributed by atoms with Crippen molar-refractivity contribution in [3.8, 4) is 11.6 Å². The van der Waals surface area contributed by atoms with Crippen LogP contribution >= 0.6 is 11.6 Å². The average molecular weight is 408 g/mol. The molecule has 0 aliphatic carbocycles. The molecule has 0 atom stereocenters. The fraction of sp³-hybridized carbons (Fsp3) is 0.105. The molecule has 0 saturated heterocycles. The van der Waals surface area contributed by atoms with Crippen LogP contribution in [0.4, 0.5) is 5.95 Å². The number of benzene rings is 1. The Morgan fingerprint density at radius 1 is 1.21 bits per heavy atom. The summed E-state index contributed by atoms with van der Waals surface area (Å²) in [7, 11) is 1.79. The number of nitrogens with zero attached hydrogens (tertiary/aromatic N) is 6. The average Bonchev–Trinajstić information content (AvgIpc) is 3.40. The summed E-state index contributed by atoms with van der Waals surface area (Å²) in [5.41, 5.74) is 1.77. The summed E-state index contributed by atoms with van der Waals surface area (Å²) in [6.07, 6.45) is 3.49. The minimum Gasteiger partial charge on any atom is -0.461 e. The summed E-state index contributed by atoms with van der Waals surface area (Å²) in [6.45, 7) is 0. The summed E-state index contributed by atoms with van der Waals surface area (Å²) in [6, 6.07) is 10.7. The Morgan fingerprint density at radius 2 is 2.10 bits per heavy atom. The zero-order valence-electron chi connectivity index (χ0n) is 15.2. The summed E-state index contributed by atoms with van der Waals surface area (Å²) in [5, 5.41) is 12.9. The molecular formula is C19H14ClN7O2. The van der Waals surface area contributed by atoms with Gasteiger partial charge in [-0.3, -0.25) is 14.8 Å². The molecule has 9 nitrogen and oxygen atoms in total. The van der Waals surface area contributed by atoms with Crippen LogP contribution in [0.2, 0.25) is 5.02 Å². The van der Waals surface area contributed by atoms with E-state index in [1.54, 1.807) is 54.5 Å². The number of carbonyl (C=O) groups is 1. The van der Waals surface area contributed by atoms with Crippen molar-refractivity contribution in [1.29, 1.82) is 0 Å². The van der Waals surface area contributed by atoms with E-state index in [0.717, 1.165) is 5.56 Å². The lowest BCUT2D eigenvalue weighted by molar-refractivity contribution is -0.115. The quantitative estimate of drug-likeness (QED) is 0.491. The molecular weight excluding hydrogens is 394 g/mol. The molecule has 0 aliphatic heterocycles. The molecule has 1 amide bonds. The second-order valence-corrected chi connectivity index (χ2v) is 6.91. The van der Waals surface area contributed by atoms with Gasteiger partial charge in [0.15, 0.2) is 17.1 Å². The second kappa shape index (κ2) is 6.71. The van der Waals surface area contributed by atoms with Crippen LogP contribution < -0.4 is 5.32 Å². The first-order valence-corrected chi connectivity index (χ1v) is 9.13. The molecule has 0 unspecified atom stereocenters. The molecule has 5 aromatic rings. The van der Waals surface area contributed by atoms with Crippen molar-refractivity contribution in [2.24, 2.45) is 7.05 Å². The predicted molar refractivity (Wildman–Crippen MR) is 107 cm³/mol. The van der Waals surface area contributed by atoms with E-state index in [4.69, 9.17) is 16.0 Å². The largest absolute Gasteiger partial charge is 0.461 e. The van der Waals surface area contributed by atoms with Crippen LogP contribution in [-0.2, 0) is 18.3 Å². The van der Waals surface area contributed by atoms with Gasteiger partial charge in [0.1, 0.15) is 0 Å². The molecule has 0 bridgehead atoms. The number of fused-ring (bicyclic) bond motifs is 3. The van der Waals surface area contributed by atoms with E-state index in [0.29, 0.717) is 33.3 Å². The number of rotatable bonds is 4. The van der Waals surface area contributed by atoms with Gasteiger partial charge < -0.3 is 4.42 Å². The van der Waals surface area contributed by atoms with E-state index >= 15 is 0 Å². The molecule has 144 valence electrons. The van der Waals surface area contributed by atoms with E-state index < -0.39 is 0 Å². The van der Waals surface area contributed by atoms with Crippen LogP contribution in [0, 0.1) is 0 Å². The van der Waals surface area contributed by atoms with Gasteiger partial charge in [-0.1, -0.05) is 23.7 Å². The molecule has 0 fully saturated rings. The molecule has 1 aromatic carbocycles. The van der Waals surface area contributed by atoms with Crippen LogP contribution in [0.3, 0.4) is 0 Å². The van der Waals surface area contributed by atoms with E-state index in [-0.39, 0.29) is 18.3 Å². The number of furan rings is 1. The molecule has 0 spiro atoms. The van der Waals surface area contributed by atoms with Gasteiger partial charge >= 0.3 is 0 Å². The number of anilines is 1. The molecule has 4 aromatic heterocycles. The molecule has 4 heterocycles. The topological polar surface area (TPSA) is 103 Å². The highest BCUT2D eigenvalue weighted by molar-refractivity contribution is 6.30. The summed E-state index contributed by atoms with van der Waals surface area (Å²) >= 11 is 6.00. The number of carbonyl (C=O) groups excluding carboxylic acids is 1. The number of amides is 1. The van der Waals surface area contributed by atoms with Gasteiger partial charge in [-0.25, -0.2) is 4.98 Å². The van der Waals surface area contributed by atoms with Crippen molar-refractivity contribution in [3.05, 3.63) is 59.4 Å². The normalized spacial score (nSPS) is 11.4. The first-order chi connectivity index (χ1) is 14.1. The zero-order chi connectivity index (χ0) is 20.0. The Morgan fingerprint density at radius 3 is 2.90 bits per heavy atom. The van der Waals surface area contributed by atoms with Crippen molar-refractivity contribution >= 4 is 40.1 Å². The minimum atomic E-state index is -0.258. The Hall–Kier alpha value is -3.72. The van der Waals surface area contributed by atoms with Gasteiger partial charge in [-0.15, -0.1) is 5.10 Å². The highest BCUT2D eigenvalue weighted by atomic mass is 35.5. The van der Waals surface area contributed by atoms with Gasteiger partial charge in [-0.2, -0.15) is 14.6 Å². The highest BCUT2D eigenvalue weighted by Gasteiger charge is 2.19.